The first-order chi connectivity index (χ1) is 8.49. The summed E-state index contributed by atoms with van der Waals surface area (Å²) in [4.78, 5) is 11.6. The molecule has 98 valence electrons. The van der Waals surface area contributed by atoms with Crippen molar-refractivity contribution in [2.24, 2.45) is 0 Å². The molecule has 0 saturated heterocycles. The fourth-order valence-electron chi connectivity index (χ4n) is 2.72. The van der Waals surface area contributed by atoms with Crippen molar-refractivity contribution in [3.63, 3.8) is 0 Å². The lowest BCUT2D eigenvalue weighted by Crippen LogP contribution is -2.38. The molecule has 2 N–H and O–H groups in total. The van der Waals surface area contributed by atoms with E-state index in [4.69, 9.17) is 0 Å². The van der Waals surface area contributed by atoms with Gasteiger partial charge in [0.2, 0.25) is 0 Å². The Kier molecular flexibility index (Phi) is 3.61. The summed E-state index contributed by atoms with van der Waals surface area (Å²) in [5.74, 6) is -2.01. The van der Waals surface area contributed by atoms with Crippen molar-refractivity contribution in [1.82, 2.24) is 0 Å². The van der Waals surface area contributed by atoms with Crippen LogP contribution in [0.15, 0.2) is 16.6 Å². The Hall–Kier alpha value is -1.10. The summed E-state index contributed by atoms with van der Waals surface area (Å²) >= 11 is 3.11. The van der Waals surface area contributed by atoms with E-state index in [2.05, 4.69) is 15.9 Å². The van der Waals surface area contributed by atoms with Gasteiger partial charge in [0.05, 0.1) is 9.89 Å². The average Bonchev–Trinajstić information content (AvgIpc) is 2.35. The van der Waals surface area contributed by atoms with Crippen LogP contribution in [0.25, 0.3) is 0 Å². The summed E-state index contributed by atoms with van der Waals surface area (Å²) in [6, 6.07) is 2.57. The second-order valence-corrected chi connectivity index (χ2v) is 5.56. The van der Waals surface area contributed by atoms with E-state index >= 15 is 0 Å². The number of aromatic hydroxyl groups is 1. The molecule has 2 rings (SSSR count). The number of halogens is 2. The zero-order valence-corrected chi connectivity index (χ0v) is 11.3. The standard InChI is InChI=1S/C13H14BrFO3/c14-8-4-5-9(15)10(11(8)16)13(12(17)18)6-2-1-3-7-13/h4-5,16H,1-3,6-7H2,(H,17,18). The van der Waals surface area contributed by atoms with Crippen LogP contribution in [0.3, 0.4) is 0 Å². The highest BCUT2D eigenvalue weighted by Gasteiger charge is 2.45. The summed E-state index contributed by atoms with van der Waals surface area (Å²) < 4.78 is 14.3. The Bertz CT molecular complexity index is 481. The Morgan fingerprint density at radius 2 is 1.89 bits per heavy atom. The molecule has 0 heterocycles. The maximum atomic E-state index is 14.0. The number of phenols is 1. The summed E-state index contributed by atoms with van der Waals surface area (Å²) in [6.07, 6.45) is 3.15. The van der Waals surface area contributed by atoms with Gasteiger partial charge in [-0.1, -0.05) is 19.3 Å². The molecule has 1 saturated carbocycles. The third kappa shape index (κ3) is 2.00. The number of rotatable bonds is 2. The van der Waals surface area contributed by atoms with E-state index in [9.17, 15) is 19.4 Å². The highest BCUT2D eigenvalue weighted by atomic mass is 79.9. The third-order valence-electron chi connectivity index (χ3n) is 3.67. The van der Waals surface area contributed by atoms with E-state index in [1.54, 1.807) is 0 Å². The summed E-state index contributed by atoms with van der Waals surface area (Å²) in [6.45, 7) is 0. The smallest absolute Gasteiger partial charge is 0.314 e. The lowest BCUT2D eigenvalue weighted by Gasteiger charge is -2.34. The number of carbonyl (C=O) groups is 1. The van der Waals surface area contributed by atoms with Gasteiger partial charge in [0.15, 0.2) is 0 Å². The van der Waals surface area contributed by atoms with Crippen molar-refractivity contribution < 1.29 is 19.4 Å². The van der Waals surface area contributed by atoms with Crippen LogP contribution in [0.1, 0.15) is 37.7 Å². The maximum absolute atomic E-state index is 14.0. The molecular formula is C13H14BrFO3. The minimum absolute atomic E-state index is 0.0796. The number of hydrogen-bond donors (Lipinski definition) is 2. The van der Waals surface area contributed by atoms with Gasteiger partial charge < -0.3 is 10.2 Å². The second-order valence-electron chi connectivity index (χ2n) is 4.70. The monoisotopic (exact) mass is 316 g/mol. The van der Waals surface area contributed by atoms with Crippen LogP contribution >= 0.6 is 15.9 Å². The van der Waals surface area contributed by atoms with E-state index in [0.29, 0.717) is 17.3 Å². The molecule has 0 bridgehead atoms. The number of aliphatic carboxylic acids is 1. The largest absolute Gasteiger partial charge is 0.506 e. The minimum atomic E-state index is -1.30. The van der Waals surface area contributed by atoms with Crippen LogP contribution in [0.5, 0.6) is 5.75 Å². The molecule has 0 spiro atoms. The predicted octanol–water partition coefficient (Wildman–Crippen LogP) is 3.58. The molecule has 0 amide bonds. The molecule has 1 aliphatic rings. The first-order valence-corrected chi connectivity index (χ1v) is 6.69. The number of benzene rings is 1. The number of carboxylic acids is 1. The summed E-state index contributed by atoms with van der Waals surface area (Å²) in [5.41, 5.74) is -1.37. The van der Waals surface area contributed by atoms with Gasteiger partial charge in [-0.25, -0.2) is 4.39 Å². The fraction of sp³-hybridized carbons (Fsp3) is 0.462. The van der Waals surface area contributed by atoms with Crippen molar-refractivity contribution in [3.05, 3.63) is 28.0 Å². The van der Waals surface area contributed by atoms with Gasteiger partial charge in [-0.3, -0.25) is 4.79 Å². The molecule has 1 aromatic rings. The van der Waals surface area contributed by atoms with Gasteiger partial charge in [0, 0.05) is 5.56 Å². The summed E-state index contributed by atoms with van der Waals surface area (Å²) in [7, 11) is 0. The van der Waals surface area contributed by atoms with Crippen molar-refractivity contribution in [1.29, 1.82) is 0 Å². The molecular weight excluding hydrogens is 303 g/mol. The highest BCUT2D eigenvalue weighted by Crippen LogP contribution is 2.46. The van der Waals surface area contributed by atoms with Gasteiger partial charge in [-0.2, -0.15) is 0 Å². The Morgan fingerprint density at radius 3 is 2.44 bits per heavy atom. The first kappa shape index (κ1) is 13.3. The normalized spacial score (nSPS) is 18.6. The Labute approximate surface area is 113 Å². The number of phenolic OH excluding ortho intramolecular Hbond substituents is 1. The SMILES string of the molecule is O=C(O)C1(c2c(F)ccc(Br)c2O)CCCCC1. The van der Waals surface area contributed by atoms with Crippen molar-refractivity contribution >= 4 is 21.9 Å². The van der Waals surface area contributed by atoms with Gasteiger partial charge in [0.1, 0.15) is 11.6 Å². The zero-order valence-electron chi connectivity index (χ0n) is 9.75. The molecule has 1 aliphatic carbocycles. The topological polar surface area (TPSA) is 57.5 Å². The molecule has 0 radical (unpaired) electrons. The summed E-state index contributed by atoms with van der Waals surface area (Å²) in [5, 5.41) is 19.5. The van der Waals surface area contributed by atoms with Crippen molar-refractivity contribution in [2.45, 2.75) is 37.5 Å². The van der Waals surface area contributed by atoms with E-state index in [0.717, 1.165) is 19.3 Å². The van der Waals surface area contributed by atoms with Crippen LogP contribution in [0.4, 0.5) is 4.39 Å². The molecule has 0 atom stereocenters. The van der Waals surface area contributed by atoms with E-state index in [-0.39, 0.29) is 11.3 Å². The highest BCUT2D eigenvalue weighted by molar-refractivity contribution is 9.10. The minimum Gasteiger partial charge on any atom is -0.506 e. The maximum Gasteiger partial charge on any atom is 0.314 e. The lowest BCUT2D eigenvalue weighted by atomic mass is 9.69. The van der Waals surface area contributed by atoms with E-state index in [1.165, 1.54) is 12.1 Å². The van der Waals surface area contributed by atoms with Crippen LogP contribution in [0, 0.1) is 5.82 Å². The Morgan fingerprint density at radius 1 is 1.28 bits per heavy atom. The predicted molar refractivity (Wildman–Crippen MR) is 68.2 cm³/mol. The van der Waals surface area contributed by atoms with Crippen LogP contribution < -0.4 is 0 Å². The fourth-order valence-corrected chi connectivity index (χ4v) is 3.05. The zero-order chi connectivity index (χ0) is 13.3. The number of hydrogen-bond acceptors (Lipinski definition) is 2. The van der Waals surface area contributed by atoms with Crippen LogP contribution in [-0.2, 0) is 10.2 Å². The average molecular weight is 317 g/mol. The molecule has 1 fully saturated rings. The molecule has 0 unspecified atom stereocenters. The van der Waals surface area contributed by atoms with Gasteiger partial charge in [0.25, 0.3) is 0 Å². The molecule has 1 aromatic carbocycles. The first-order valence-electron chi connectivity index (χ1n) is 5.90. The van der Waals surface area contributed by atoms with Crippen LogP contribution in [0.2, 0.25) is 0 Å². The molecule has 0 aromatic heterocycles. The van der Waals surface area contributed by atoms with Gasteiger partial charge in [-0.15, -0.1) is 0 Å². The quantitative estimate of drug-likeness (QED) is 0.876. The van der Waals surface area contributed by atoms with Gasteiger partial charge in [-0.05, 0) is 40.9 Å². The van der Waals surface area contributed by atoms with Crippen LogP contribution in [-0.4, -0.2) is 16.2 Å². The Balaban J connectivity index is 2.63. The van der Waals surface area contributed by atoms with Gasteiger partial charge >= 0.3 is 5.97 Å². The van der Waals surface area contributed by atoms with Crippen molar-refractivity contribution in [3.8, 4) is 5.75 Å². The van der Waals surface area contributed by atoms with Crippen molar-refractivity contribution in [2.75, 3.05) is 0 Å². The third-order valence-corrected chi connectivity index (χ3v) is 4.31. The van der Waals surface area contributed by atoms with E-state index in [1.807, 2.05) is 0 Å². The second kappa shape index (κ2) is 4.88. The molecule has 18 heavy (non-hydrogen) atoms. The molecule has 3 nitrogen and oxygen atoms in total. The molecule has 5 heteroatoms. The van der Waals surface area contributed by atoms with E-state index < -0.39 is 17.2 Å². The lowest BCUT2D eigenvalue weighted by molar-refractivity contribution is -0.145. The number of carboxylic acid groups (broad SMARTS) is 1. The molecule has 0 aliphatic heterocycles.